The summed E-state index contributed by atoms with van der Waals surface area (Å²) in [6.45, 7) is 1.93. The molecule has 0 aliphatic rings. The van der Waals surface area contributed by atoms with Crippen LogP contribution in [0.3, 0.4) is 0 Å². The molecule has 0 radical (unpaired) electrons. The maximum atomic E-state index is 9.64. The molecule has 17 heavy (non-hydrogen) atoms. The molecule has 0 aliphatic heterocycles. The summed E-state index contributed by atoms with van der Waals surface area (Å²) in [4.78, 5) is 9.51. The molecule has 0 bridgehead atoms. The molecule has 0 fully saturated rings. The topological polar surface area (TPSA) is 50.9 Å². The van der Waals surface area contributed by atoms with E-state index in [0.29, 0.717) is 6.42 Å². The molecule has 0 saturated carbocycles. The van der Waals surface area contributed by atoms with Crippen molar-refractivity contribution < 1.29 is 5.11 Å². The van der Waals surface area contributed by atoms with Gasteiger partial charge in [-0.2, -0.15) is 0 Å². The zero-order chi connectivity index (χ0) is 12.3. The largest absolute Gasteiger partial charge is 0.387 e. The van der Waals surface area contributed by atoms with E-state index in [4.69, 9.17) is 0 Å². The Morgan fingerprint density at radius 3 is 2.76 bits per heavy atom. The molecule has 1 N–H and O–H groups in total. The minimum atomic E-state index is -0.470. The van der Waals surface area contributed by atoms with E-state index in [9.17, 15) is 5.11 Å². The first-order valence-electron chi connectivity index (χ1n) is 5.50. The van der Waals surface area contributed by atoms with Crippen LogP contribution >= 0.6 is 11.8 Å². The maximum absolute atomic E-state index is 9.64. The van der Waals surface area contributed by atoms with Gasteiger partial charge in [0.1, 0.15) is 0 Å². The number of hydrogen-bond acceptors (Lipinski definition) is 4. The molecule has 2 aromatic heterocycles. The predicted molar refractivity (Wildman–Crippen MR) is 66.8 cm³/mol. The van der Waals surface area contributed by atoms with Crippen molar-refractivity contribution in [2.45, 2.75) is 29.5 Å². The number of aliphatic hydroxyl groups is 1. The number of nitrogens with zero attached hydrogens (tertiary/aromatic N) is 3. The molecular formula is C12H15N3OS. The molecule has 0 spiro atoms. The average Bonchev–Trinajstić information content (AvgIpc) is 2.75. The first kappa shape index (κ1) is 12.1. The SMILES string of the molecule is CCC(O)c1ccc(Sc2nccn2C)cn1. The van der Waals surface area contributed by atoms with Crippen molar-refractivity contribution in [3.05, 3.63) is 36.4 Å². The van der Waals surface area contributed by atoms with Crippen LogP contribution in [0.15, 0.2) is 40.8 Å². The Morgan fingerprint density at radius 2 is 2.24 bits per heavy atom. The van der Waals surface area contributed by atoms with Crippen molar-refractivity contribution in [2.24, 2.45) is 7.05 Å². The Hall–Kier alpha value is -1.33. The van der Waals surface area contributed by atoms with E-state index < -0.39 is 6.10 Å². The van der Waals surface area contributed by atoms with Gasteiger partial charge in [-0.3, -0.25) is 4.98 Å². The minimum Gasteiger partial charge on any atom is -0.387 e. The summed E-state index contributed by atoms with van der Waals surface area (Å²) in [6, 6.07) is 3.82. The Kier molecular flexibility index (Phi) is 3.81. The third-order valence-corrected chi connectivity index (χ3v) is 3.53. The Bertz CT molecular complexity index is 481. The van der Waals surface area contributed by atoms with E-state index in [2.05, 4.69) is 9.97 Å². The van der Waals surface area contributed by atoms with Gasteiger partial charge in [-0.15, -0.1) is 0 Å². The van der Waals surface area contributed by atoms with Crippen LogP contribution in [0.5, 0.6) is 0 Å². The lowest BCUT2D eigenvalue weighted by atomic mass is 10.2. The van der Waals surface area contributed by atoms with Gasteiger partial charge in [0.05, 0.1) is 11.8 Å². The molecule has 1 unspecified atom stereocenters. The summed E-state index contributed by atoms with van der Waals surface area (Å²) in [6.07, 6.45) is 5.66. The molecule has 90 valence electrons. The molecule has 4 nitrogen and oxygen atoms in total. The number of rotatable bonds is 4. The van der Waals surface area contributed by atoms with Gasteiger partial charge in [-0.05, 0) is 18.6 Å². The molecule has 2 aromatic rings. The summed E-state index contributed by atoms with van der Waals surface area (Å²) in [5.41, 5.74) is 0.719. The van der Waals surface area contributed by atoms with Crippen LogP contribution in [0.4, 0.5) is 0 Å². The molecule has 0 aromatic carbocycles. The lowest BCUT2D eigenvalue weighted by Crippen LogP contribution is -1.98. The average molecular weight is 249 g/mol. The normalized spacial score (nSPS) is 12.6. The lowest BCUT2D eigenvalue weighted by Gasteiger charge is -2.07. The molecule has 0 amide bonds. The minimum absolute atomic E-state index is 0.470. The van der Waals surface area contributed by atoms with Crippen LogP contribution in [0.25, 0.3) is 0 Å². The van der Waals surface area contributed by atoms with Gasteiger partial charge in [-0.25, -0.2) is 4.98 Å². The standard InChI is InChI=1S/C12H15N3OS/c1-3-11(16)10-5-4-9(8-14-10)17-12-13-6-7-15(12)2/h4-8,11,16H,3H2,1-2H3. The number of aliphatic hydroxyl groups excluding tert-OH is 1. The molecule has 0 saturated heterocycles. The summed E-state index contributed by atoms with van der Waals surface area (Å²) in [5, 5.41) is 10.6. The monoisotopic (exact) mass is 249 g/mol. The van der Waals surface area contributed by atoms with Gasteiger partial charge >= 0.3 is 0 Å². The van der Waals surface area contributed by atoms with E-state index in [0.717, 1.165) is 15.7 Å². The second-order valence-corrected chi connectivity index (χ2v) is 4.81. The molecule has 2 rings (SSSR count). The Labute approximate surface area is 105 Å². The smallest absolute Gasteiger partial charge is 0.172 e. The summed E-state index contributed by atoms with van der Waals surface area (Å²) < 4.78 is 1.96. The fourth-order valence-corrected chi connectivity index (χ4v) is 2.18. The van der Waals surface area contributed by atoms with Crippen molar-refractivity contribution in [3.63, 3.8) is 0 Å². The molecule has 1 atom stereocenters. The van der Waals surface area contributed by atoms with E-state index in [1.54, 1.807) is 24.2 Å². The quantitative estimate of drug-likeness (QED) is 0.904. The first-order chi connectivity index (χ1) is 8.20. The number of pyridine rings is 1. The highest BCUT2D eigenvalue weighted by Crippen LogP contribution is 2.26. The van der Waals surface area contributed by atoms with Crippen molar-refractivity contribution >= 4 is 11.8 Å². The van der Waals surface area contributed by atoms with Crippen LogP contribution in [0, 0.1) is 0 Å². The highest BCUT2D eigenvalue weighted by molar-refractivity contribution is 7.99. The van der Waals surface area contributed by atoms with Crippen molar-refractivity contribution in [1.29, 1.82) is 0 Å². The predicted octanol–water partition coefficient (Wildman–Crippen LogP) is 2.41. The van der Waals surface area contributed by atoms with E-state index in [1.165, 1.54) is 0 Å². The Balaban J connectivity index is 2.11. The summed E-state index contributed by atoms with van der Waals surface area (Å²) >= 11 is 1.56. The van der Waals surface area contributed by atoms with Crippen molar-refractivity contribution in [1.82, 2.24) is 14.5 Å². The first-order valence-corrected chi connectivity index (χ1v) is 6.31. The molecule has 0 aliphatic carbocycles. The third-order valence-electron chi connectivity index (χ3n) is 2.47. The number of aryl methyl sites for hydroxylation is 1. The maximum Gasteiger partial charge on any atom is 0.172 e. The van der Waals surface area contributed by atoms with Crippen LogP contribution < -0.4 is 0 Å². The van der Waals surface area contributed by atoms with Gasteiger partial charge in [0, 0.05) is 30.5 Å². The lowest BCUT2D eigenvalue weighted by molar-refractivity contribution is 0.169. The second kappa shape index (κ2) is 5.33. The van der Waals surface area contributed by atoms with Crippen LogP contribution in [-0.2, 0) is 7.05 Å². The number of aromatic nitrogens is 3. The zero-order valence-corrected chi connectivity index (χ0v) is 10.7. The molecular weight excluding hydrogens is 234 g/mol. The number of hydrogen-bond donors (Lipinski definition) is 1. The van der Waals surface area contributed by atoms with Crippen LogP contribution in [0.1, 0.15) is 25.1 Å². The summed E-state index contributed by atoms with van der Waals surface area (Å²) in [5.74, 6) is 0. The van der Waals surface area contributed by atoms with Gasteiger partial charge in [0.15, 0.2) is 5.16 Å². The van der Waals surface area contributed by atoms with Crippen LogP contribution in [-0.4, -0.2) is 19.6 Å². The van der Waals surface area contributed by atoms with Gasteiger partial charge in [0.25, 0.3) is 0 Å². The zero-order valence-electron chi connectivity index (χ0n) is 9.87. The highest BCUT2D eigenvalue weighted by Gasteiger charge is 2.07. The number of imidazole rings is 1. The van der Waals surface area contributed by atoms with Gasteiger partial charge in [-0.1, -0.05) is 18.7 Å². The fraction of sp³-hybridized carbons (Fsp3) is 0.333. The third kappa shape index (κ3) is 2.87. The van der Waals surface area contributed by atoms with Crippen LogP contribution in [0.2, 0.25) is 0 Å². The second-order valence-electron chi connectivity index (χ2n) is 3.77. The van der Waals surface area contributed by atoms with Gasteiger partial charge in [0.2, 0.25) is 0 Å². The summed E-state index contributed by atoms with van der Waals surface area (Å²) in [7, 11) is 1.96. The Morgan fingerprint density at radius 1 is 1.41 bits per heavy atom. The van der Waals surface area contributed by atoms with E-state index >= 15 is 0 Å². The molecule has 5 heteroatoms. The van der Waals surface area contributed by atoms with Crippen molar-refractivity contribution in [2.75, 3.05) is 0 Å². The molecule has 2 heterocycles. The highest BCUT2D eigenvalue weighted by atomic mass is 32.2. The van der Waals surface area contributed by atoms with E-state index in [1.807, 2.05) is 36.9 Å². The van der Waals surface area contributed by atoms with Gasteiger partial charge < -0.3 is 9.67 Å². The fourth-order valence-electron chi connectivity index (χ4n) is 1.41. The van der Waals surface area contributed by atoms with E-state index in [-0.39, 0.29) is 0 Å². The van der Waals surface area contributed by atoms with Crippen molar-refractivity contribution in [3.8, 4) is 0 Å².